The molecular weight excluding hydrogens is 292 g/mol. The number of nitrogens with one attached hydrogen (secondary N) is 1. The molecule has 1 N–H and O–H groups in total. The van der Waals surface area contributed by atoms with Gasteiger partial charge in [0.1, 0.15) is 0 Å². The lowest BCUT2D eigenvalue weighted by Crippen LogP contribution is -2.46. The standard InChI is InChI=1S/C18H26N2O3/c1-4-15(20-11-6-5-7-12-20)17(21)19-16-13(2)9-8-10-14(16)18(22)23-3/h8-10,15H,4-7,11-12H2,1-3H3,(H,19,21). The molecule has 0 bridgehead atoms. The maximum absolute atomic E-state index is 12.8. The Morgan fingerprint density at radius 2 is 1.96 bits per heavy atom. The first-order chi connectivity index (χ1) is 11.1. The number of rotatable bonds is 5. The summed E-state index contributed by atoms with van der Waals surface area (Å²) in [6.45, 7) is 5.83. The van der Waals surface area contributed by atoms with Gasteiger partial charge in [-0.1, -0.05) is 25.5 Å². The van der Waals surface area contributed by atoms with E-state index in [0.717, 1.165) is 37.9 Å². The van der Waals surface area contributed by atoms with Gasteiger partial charge in [-0.25, -0.2) is 4.79 Å². The Morgan fingerprint density at radius 3 is 2.57 bits per heavy atom. The molecule has 1 aromatic carbocycles. The lowest BCUT2D eigenvalue weighted by Gasteiger charge is -2.33. The van der Waals surface area contributed by atoms with E-state index in [1.807, 2.05) is 19.9 Å². The summed E-state index contributed by atoms with van der Waals surface area (Å²) in [7, 11) is 1.35. The minimum atomic E-state index is -0.435. The first kappa shape index (κ1) is 17.5. The summed E-state index contributed by atoms with van der Waals surface area (Å²) in [5.41, 5.74) is 1.81. The average Bonchev–Trinajstić information content (AvgIpc) is 2.57. The normalized spacial score (nSPS) is 16.7. The van der Waals surface area contributed by atoms with E-state index in [0.29, 0.717) is 11.3 Å². The van der Waals surface area contributed by atoms with Gasteiger partial charge in [0.15, 0.2) is 0 Å². The van der Waals surface area contributed by atoms with Crippen LogP contribution in [-0.4, -0.2) is 43.0 Å². The number of benzene rings is 1. The number of likely N-dealkylation sites (tertiary alicyclic amines) is 1. The van der Waals surface area contributed by atoms with E-state index >= 15 is 0 Å². The third-order valence-corrected chi connectivity index (χ3v) is 4.45. The molecular formula is C18H26N2O3. The van der Waals surface area contributed by atoms with Crippen molar-refractivity contribution in [1.82, 2.24) is 4.90 Å². The molecule has 0 spiro atoms. The largest absolute Gasteiger partial charge is 0.465 e. The van der Waals surface area contributed by atoms with Crippen molar-refractivity contribution in [2.45, 2.75) is 45.6 Å². The zero-order valence-corrected chi connectivity index (χ0v) is 14.2. The maximum Gasteiger partial charge on any atom is 0.339 e. The highest BCUT2D eigenvalue weighted by molar-refractivity contribution is 6.03. The highest BCUT2D eigenvalue weighted by Crippen LogP contribution is 2.23. The molecule has 1 aliphatic heterocycles. The van der Waals surface area contributed by atoms with Crippen molar-refractivity contribution in [2.75, 3.05) is 25.5 Å². The number of amides is 1. The van der Waals surface area contributed by atoms with Crippen LogP contribution >= 0.6 is 0 Å². The summed E-state index contributed by atoms with van der Waals surface area (Å²) in [4.78, 5) is 26.9. The van der Waals surface area contributed by atoms with Gasteiger partial charge in [0.05, 0.1) is 24.4 Å². The summed E-state index contributed by atoms with van der Waals surface area (Å²) in [5, 5.41) is 2.96. The zero-order chi connectivity index (χ0) is 16.8. The van der Waals surface area contributed by atoms with Crippen LogP contribution in [0.25, 0.3) is 0 Å². The molecule has 5 nitrogen and oxygen atoms in total. The second-order valence-corrected chi connectivity index (χ2v) is 6.00. The number of carbonyl (C=O) groups excluding carboxylic acids is 2. The van der Waals surface area contributed by atoms with E-state index < -0.39 is 5.97 Å². The van der Waals surface area contributed by atoms with Crippen LogP contribution < -0.4 is 5.32 Å². The summed E-state index contributed by atoms with van der Waals surface area (Å²) < 4.78 is 4.82. The predicted molar refractivity (Wildman–Crippen MR) is 90.7 cm³/mol. The molecule has 23 heavy (non-hydrogen) atoms. The first-order valence-electron chi connectivity index (χ1n) is 8.31. The highest BCUT2D eigenvalue weighted by Gasteiger charge is 2.27. The van der Waals surface area contributed by atoms with Crippen LogP contribution in [0, 0.1) is 6.92 Å². The Balaban J connectivity index is 2.20. The molecule has 1 saturated heterocycles. The lowest BCUT2D eigenvalue weighted by atomic mass is 10.0. The molecule has 1 atom stereocenters. The third kappa shape index (κ3) is 4.10. The van der Waals surface area contributed by atoms with Gasteiger partial charge < -0.3 is 10.1 Å². The van der Waals surface area contributed by atoms with Gasteiger partial charge in [0, 0.05) is 0 Å². The molecule has 0 radical (unpaired) electrons. The quantitative estimate of drug-likeness (QED) is 0.848. The van der Waals surface area contributed by atoms with Crippen LogP contribution in [0.15, 0.2) is 18.2 Å². The van der Waals surface area contributed by atoms with Crippen molar-refractivity contribution in [1.29, 1.82) is 0 Å². The predicted octanol–water partition coefficient (Wildman–Crippen LogP) is 2.98. The van der Waals surface area contributed by atoms with Crippen LogP contribution in [0.4, 0.5) is 5.69 Å². The Labute approximate surface area is 138 Å². The second kappa shape index (κ2) is 8.11. The molecule has 1 unspecified atom stereocenters. The van der Waals surface area contributed by atoms with E-state index in [4.69, 9.17) is 4.74 Å². The minimum absolute atomic E-state index is 0.0474. The monoisotopic (exact) mass is 318 g/mol. The van der Waals surface area contributed by atoms with Crippen molar-refractivity contribution < 1.29 is 14.3 Å². The number of carbonyl (C=O) groups is 2. The number of methoxy groups -OCH3 is 1. The van der Waals surface area contributed by atoms with Gasteiger partial charge in [-0.05, 0) is 50.9 Å². The molecule has 2 rings (SSSR count). The molecule has 0 aliphatic carbocycles. The zero-order valence-electron chi connectivity index (χ0n) is 14.2. The van der Waals surface area contributed by atoms with Gasteiger partial charge >= 0.3 is 5.97 Å². The van der Waals surface area contributed by atoms with Gasteiger partial charge in [-0.15, -0.1) is 0 Å². The van der Waals surface area contributed by atoms with E-state index in [-0.39, 0.29) is 11.9 Å². The van der Waals surface area contributed by atoms with Crippen molar-refractivity contribution in [3.63, 3.8) is 0 Å². The van der Waals surface area contributed by atoms with E-state index in [1.165, 1.54) is 13.5 Å². The summed E-state index contributed by atoms with van der Waals surface area (Å²) in [5.74, 6) is -0.483. The van der Waals surface area contributed by atoms with E-state index in [9.17, 15) is 9.59 Å². The van der Waals surface area contributed by atoms with Crippen LogP contribution in [0.2, 0.25) is 0 Å². The number of hydrogen-bond donors (Lipinski definition) is 1. The molecule has 0 aromatic heterocycles. The molecule has 126 valence electrons. The van der Waals surface area contributed by atoms with Crippen molar-refractivity contribution >= 4 is 17.6 Å². The Morgan fingerprint density at radius 1 is 1.26 bits per heavy atom. The number of aryl methyl sites for hydroxylation is 1. The highest BCUT2D eigenvalue weighted by atomic mass is 16.5. The molecule has 1 aromatic rings. The van der Waals surface area contributed by atoms with E-state index in [1.54, 1.807) is 12.1 Å². The van der Waals surface area contributed by atoms with Gasteiger partial charge in [0.25, 0.3) is 0 Å². The average molecular weight is 318 g/mol. The third-order valence-electron chi connectivity index (χ3n) is 4.45. The molecule has 0 saturated carbocycles. The number of ether oxygens (including phenoxy) is 1. The van der Waals surface area contributed by atoms with Crippen LogP contribution in [0.5, 0.6) is 0 Å². The number of nitrogens with zero attached hydrogens (tertiary/aromatic N) is 1. The number of anilines is 1. The molecule has 1 aliphatic rings. The van der Waals surface area contributed by atoms with E-state index in [2.05, 4.69) is 10.2 Å². The fourth-order valence-electron chi connectivity index (χ4n) is 3.16. The van der Waals surface area contributed by atoms with Crippen molar-refractivity contribution in [3.8, 4) is 0 Å². The summed E-state index contributed by atoms with van der Waals surface area (Å²) in [6, 6.07) is 5.19. The van der Waals surface area contributed by atoms with Gasteiger partial charge in [-0.2, -0.15) is 0 Å². The maximum atomic E-state index is 12.8. The Kier molecular flexibility index (Phi) is 6.16. The number of hydrogen-bond acceptors (Lipinski definition) is 4. The second-order valence-electron chi connectivity index (χ2n) is 6.00. The summed E-state index contributed by atoms with van der Waals surface area (Å²) >= 11 is 0. The molecule has 1 amide bonds. The topological polar surface area (TPSA) is 58.6 Å². The number of piperidine rings is 1. The fourth-order valence-corrected chi connectivity index (χ4v) is 3.16. The van der Waals surface area contributed by atoms with Gasteiger partial charge in [0.2, 0.25) is 5.91 Å². The lowest BCUT2D eigenvalue weighted by molar-refractivity contribution is -0.121. The SMILES string of the molecule is CCC(C(=O)Nc1c(C)cccc1C(=O)OC)N1CCCCC1. The fraction of sp³-hybridized carbons (Fsp3) is 0.556. The van der Waals surface area contributed by atoms with Crippen molar-refractivity contribution in [3.05, 3.63) is 29.3 Å². The first-order valence-corrected chi connectivity index (χ1v) is 8.31. The summed E-state index contributed by atoms with van der Waals surface area (Å²) in [6.07, 6.45) is 4.27. The smallest absolute Gasteiger partial charge is 0.339 e. The minimum Gasteiger partial charge on any atom is -0.465 e. The number of esters is 1. The molecule has 5 heteroatoms. The van der Waals surface area contributed by atoms with Crippen LogP contribution in [0.1, 0.15) is 48.5 Å². The Hall–Kier alpha value is -1.88. The van der Waals surface area contributed by atoms with Crippen LogP contribution in [0.3, 0.4) is 0 Å². The van der Waals surface area contributed by atoms with Crippen LogP contribution in [-0.2, 0) is 9.53 Å². The number of para-hydroxylation sites is 1. The van der Waals surface area contributed by atoms with Gasteiger partial charge in [-0.3, -0.25) is 9.69 Å². The van der Waals surface area contributed by atoms with Crippen molar-refractivity contribution in [2.24, 2.45) is 0 Å². The molecule has 1 heterocycles. The Bertz CT molecular complexity index is 565. The molecule has 1 fully saturated rings.